The van der Waals surface area contributed by atoms with Crippen molar-refractivity contribution < 1.29 is 14.3 Å². The number of rotatable bonds is 5. The van der Waals surface area contributed by atoms with E-state index in [-0.39, 0.29) is 5.97 Å². The van der Waals surface area contributed by atoms with Gasteiger partial charge in [0.2, 0.25) is 0 Å². The van der Waals surface area contributed by atoms with Crippen molar-refractivity contribution in [2.24, 2.45) is 0 Å². The second-order valence-electron chi connectivity index (χ2n) is 5.86. The van der Waals surface area contributed by atoms with Gasteiger partial charge in [-0.15, -0.1) is 23.5 Å². The minimum absolute atomic E-state index is 0.329. The average Bonchev–Trinajstić information content (AvgIpc) is 2.66. The zero-order valence-corrected chi connectivity index (χ0v) is 16.6. The fourth-order valence-corrected chi connectivity index (χ4v) is 5.51. The molecule has 1 aliphatic rings. The Hall–Kier alpha value is -1.85. The Morgan fingerprint density at radius 1 is 0.923 bits per heavy atom. The molecule has 3 rings (SSSR count). The topological polar surface area (TPSA) is 35.5 Å². The molecule has 0 N–H and O–H groups in total. The fourth-order valence-electron chi connectivity index (χ4n) is 2.67. The average molecular weight is 387 g/mol. The first-order chi connectivity index (χ1) is 12.7. The molecule has 2 aromatic carbocycles. The van der Waals surface area contributed by atoms with Crippen molar-refractivity contribution in [2.75, 3.05) is 11.5 Å². The summed E-state index contributed by atoms with van der Waals surface area (Å²) in [6.45, 7) is 3.60. The largest absolute Gasteiger partial charge is 0.457 e. The maximum atomic E-state index is 11.0. The normalized spacial score (nSPS) is 14.0. The highest BCUT2D eigenvalue weighted by Crippen LogP contribution is 2.41. The summed E-state index contributed by atoms with van der Waals surface area (Å²) < 4.78 is 12.4. The van der Waals surface area contributed by atoms with E-state index < -0.39 is 0 Å². The SMILES string of the molecule is CCC(=C1SCCCS1)c1ccc(Oc2ccc(OC(C)=O)cc2)cc1. The predicted octanol–water partition coefficient (Wildman–Crippen LogP) is 6.35. The lowest BCUT2D eigenvalue weighted by molar-refractivity contribution is -0.131. The third-order valence-corrected chi connectivity index (χ3v) is 6.59. The van der Waals surface area contributed by atoms with Crippen LogP contribution in [0.15, 0.2) is 52.8 Å². The molecule has 0 atom stereocenters. The summed E-state index contributed by atoms with van der Waals surface area (Å²) in [6, 6.07) is 15.3. The van der Waals surface area contributed by atoms with Crippen LogP contribution in [0.4, 0.5) is 0 Å². The Balaban J connectivity index is 1.70. The molecule has 1 saturated heterocycles. The molecule has 1 fully saturated rings. The summed E-state index contributed by atoms with van der Waals surface area (Å²) in [7, 11) is 0. The van der Waals surface area contributed by atoms with Crippen LogP contribution in [0, 0.1) is 0 Å². The molecule has 26 heavy (non-hydrogen) atoms. The van der Waals surface area contributed by atoms with Crippen LogP contribution in [0.5, 0.6) is 17.2 Å². The Kier molecular flexibility index (Phi) is 6.69. The quantitative estimate of drug-likeness (QED) is 0.442. The van der Waals surface area contributed by atoms with Crippen LogP contribution in [0.25, 0.3) is 5.57 Å². The molecule has 0 spiro atoms. The number of ether oxygens (including phenoxy) is 2. The minimum atomic E-state index is -0.329. The van der Waals surface area contributed by atoms with Crippen molar-refractivity contribution in [1.82, 2.24) is 0 Å². The first-order valence-corrected chi connectivity index (χ1v) is 10.7. The van der Waals surface area contributed by atoms with Crippen LogP contribution in [0.2, 0.25) is 0 Å². The third kappa shape index (κ3) is 5.08. The summed E-state index contributed by atoms with van der Waals surface area (Å²) in [5, 5.41) is 0. The fraction of sp³-hybridized carbons (Fsp3) is 0.286. The molecule has 0 bridgehead atoms. The van der Waals surface area contributed by atoms with Crippen molar-refractivity contribution in [3.05, 3.63) is 58.3 Å². The lowest BCUT2D eigenvalue weighted by atomic mass is 10.1. The van der Waals surface area contributed by atoms with E-state index in [2.05, 4.69) is 19.1 Å². The highest BCUT2D eigenvalue weighted by molar-refractivity contribution is 8.23. The zero-order valence-electron chi connectivity index (χ0n) is 15.0. The molecular formula is C21H22O3S2. The summed E-state index contributed by atoms with van der Waals surface area (Å²) in [4.78, 5) is 11.0. The molecule has 2 aromatic rings. The highest BCUT2D eigenvalue weighted by Gasteiger charge is 2.13. The number of carbonyl (C=O) groups excluding carboxylic acids is 1. The van der Waals surface area contributed by atoms with Crippen LogP contribution in [0.3, 0.4) is 0 Å². The van der Waals surface area contributed by atoms with Gasteiger partial charge in [-0.05, 0) is 71.9 Å². The van der Waals surface area contributed by atoms with Crippen LogP contribution in [0.1, 0.15) is 32.3 Å². The van der Waals surface area contributed by atoms with Crippen molar-refractivity contribution in [1.29, 1.82) is 0 Å². The van der Waals surface area contributed by atoms with E-state index in [1.807, 2.05) is 35.7 Å². The standard InChI is InChI=1S/C21H22O3S2/c1-3-20(21-25-13-4-14-26-21)16-5-7-18(8-6-16)24-19-11-9-17(10-12-19)23-15(2)22/h5-12H,3-4,13-14H2,1-2H3. The van der Waals surface area contributed by atoms with Crippen LogP contribution in [-0.4, -0.2) is 17.5 Å². The second-order valence-corrected chi connectivity index (χ2v) is 8.33. The van der Waals surface area contributed by atoms with Gasteiger partial charge in [0.05, 0.1) is 0 Å². The van der Waals surface area contributed by atoms with Crippen molar-refractivity contribution in [2.45, 2.75) is 26.7 Å². The molecule has 1 heterocycles. The van der Waals surface area contributed by atoms with Gasteiger partial charge in [-0.25, -0.2) is 0 Å². The van der Waals surface area contributed by atoms with E-state index >= 15 is 0 Å². The monoisotopic (exact) mass is 386 g/mol. The number of hydrogen-bond acceptors (Lipinski definition) is 5. The first kappa shape index (κ1) is 18.9. The van der Waals surface area contributed by atoms with Crippen molar-refractivity contribution in [3.8, 4) is 17.2 Å². The van der Waals surface area contributed by atoms with Gasteiger partial charge in [-0.2, -0.15) is 0 Å². The summed E-state index contributed by atoms with van der Waals surface area (Å²) in [5.41, 5.74) is 2.69. The molecule has 0 amide bonds. The van der Waals surface area contributed by atoms with Gasteiger partial charge in [0, 0.05) is 11.2 Å². The lowest BCUT2D eigenvalue weighted by Crippen LogP contribution is -2.00. The summed E-state index contributed by atoms with van der Waals surface area (Å²) >= 11 is 3.96. The Bertz CT molecular complexity index is 772. The van der Waals surface area contributed by atoms with Gasteiger partial charge < -0.3 is 9.47 Å². The lowest BCUT2D eigenvalue weighted by Gasteiger charge is -2.18. The number of hydrogen-bond donors (Lipinski definition) is 0. The number of allylic oxidation sites excluding steroid dienone is 1. The molecule has 0 aromatic heterocycles. The van der Waals surface area contributed by atoms with Gasteiger partial charge in [0.1, 0.15) is 17.2 Å². The van der Waals surface area contributed by atoms with Crippen LogP contribution < -0.4 is 9.47 Å². The van der Waals surface area contributed by atoms with Crippen molar-refractivity contribution in [3.63, 3.8) is 0 Å². The number of carbonyl (C=O) groups is 1. The maximum absolute atomic E-state index is 11.0. The van der Waals surface area contributed by atoms with Gasteiger partial charge in [0.15, 0.2) is 0 Å². The Morgan fingerprint density at radius 3 is 2.00 bits per heavy atom. The van der Waals surface area contributed by atoms with E-state index in [4.69, 9.17) is 9.47 Å². The molecule has 1 aliphatic heterocycles. The second kappa shape index (κ2) is 9.19. The summed E-state index contributed by atoms with van der Waals surface area (Å²) in [5.74, 6) is 4.12. The van der Waals surface area contributed by atoms with E-state index in [0.29, 0.717) is 11.5 Å². The summed E-state index contributed by atoms with van der Waals surface area (Å²) in [6.07, 6.45) is 2.33. The molecule has 0 unspecified atom stereocenters. The number of benzene rings is 2. The van der Waals surface area contributed by atoms with E-state index in [0.717, 1.165) is 12.2 Å². The number of thioether (sulfide) groups is 2. The molecule has 0 aliphatic carbocycles. The van der Waals surface area contributed by atoms with Gasteiger partial charge >= 0.3 is 5.97 Å². The molecular weight excluding hydrogens is 364 g/mol. The molecule has 136 valence electrons. The maximum Gasteiger partial charge on any atom is 0.308 e. The molecule has 0 radical (unpaired) electrons. The smallest absolute Gasteiger partial charge is 0.308 e. The van der Waals surface area contributed by atoms with Crippen LogP contribution >= 0.6 is 23.5 Å². The third-order valence-electron chi connectivity index (χ3n) is 3.88. The van der Waals surface area contributed by atoms with E-state index in [9.17, 15) is 4.79 Å². The first-order valence-electron chi connectivity index (χ1n) is 8.71. The van der Waals surface area contributed by atoms with Gasteiger partial charge in [-0.3, -0.25) is 4.79 Å². The molecule has 0 saturated carbocycles. The van der Waals surface area contributed by atoms with Crippen LogP contribution in [-0.2, 0) is 4.79 Å². The van der Waals surface area contributed by atoms with Gasteiger partial charge in [-0.1, -0.05) is 19.1 Å². The Labute approximate surface area is 163 Å². The Morgan fingerprint density at radius 2 is 1.46 bits per heavy atom. The zero-order chi connectivity index (χ0) is 18.4. The predicted molar refractivity (Wildman–Crippen MR) is 111 cm³/mol. The van der Waals surface area contributed by atoms with E-state index in [1.54, 1.807) is 24.3 Å². The highest BCUT2D eigenvalue weighted by atomic mass is 32.2. The van der Waals surface area contributed by atoms with E-state index in [1.165, 1.54) is 40.2 Å². The minimum Gasteiger partial charge on any atom is -0.457 e. The molecule has 3 nitrogen and oxygen atoms in total. The number of esters is 1. The van der Waals surface area contributed by atoms with Crippen molar-refractivity contribution >= 4 is 35.1 Å². The molecule has 5 heteroatoms. The van der Waals surface area contributed by atoms with Gasteiger partial charge in [0.25, 0.3) is 0 Å².